The van der Waals surface area contributed by atoms with Crippen LogP contribution in [0.2, 0.25) is 0 Å². The first-order valence-electron chi connectivity index (χ1n) is 8.58. The molecule has 8 heteroatoms. The Labute approximate surface area is 177 Å². The van der Waals surface area contributed by atoms with E-state index < -0.39 is 0 Å². The number of pyridine rings is 1. The average Bonchev–Trinajstić information content (AvgIpc) is 2.91. The Kier molecular flexibility index (Phi) is 9.85. The second-order valence-corrected chi connectivity index (χ2v) is 7.29. The Morgan fingerprint density at radius 1 is 1.19 bits per heavy atom. The number of nitrogens with one attached hydrogen (secondary N) is 2. The number of anilines is 1. The summed E-state index contributed by atoms with van der Waals surface area (Å²) in [6.07, 6.45) is 0.901. The minimum absolute atomic E-state index is 0. The van der Waals surface area contributed by atoms with E-state index in [4.69, 9.17) is 0 Å². The fourth-order valence-corrected chi connectivity index (χ4v) is 3.17. The van der Waals surface area contributed by atoms with Crippen LogP contribution in [0.5, 0.6) is 0 Å². The Hall–Kier alpha value is -1.42. The van der Waals surface area contributed by atoms with Gasteiger partial charge in [-0.25, -0.2) is 15.0 Å². The first kappa shape index (κ1) is 22.6. The highest BCUT2D eigenvalue weighted by Gasteiger charge is 2.05. The molecule has 2 rings (SSSR count). The fourth-order valence-electron chi connectivity index (χ4n) is 2.24. The molecule has 2 heterocycles. The number of thiazole rings is 1. The predicted molar refractivity (Wildman–Crippen MR) is 122 cm³/mol. The number of aryl methyl sites for hydroxylation is 2. The Morgan fingerprint density at radius 3 is 2.58 bits per heavy atom. The normalized spacial score (nSPS) is 11.0. The molecule has 0 aliphatic rings. The van der Waals surface area contributed by atoms with E-state index in [1.807, 2.05) is 37.2 Å². The van der Waals surface area contributed by atoms with Crippen LogP contribution in [0.25, 0.3) is 0 Å². The maximum atomic E-state index is 4.63. The van der Waals surface area contributed by atoms with Gasteiger partial charge in [-0.2, -0.15) is 0 Å². The molecule has 2 aromatic heterocycles. The van der Waals surface area contributed by atoms with Gasteiger partial charge < -0.3 is 15.5 Å². The van der Waals surface area contributed by atoms with Crippen LogP contribution in [0.1, 0.15) is 28.2 Å². The smallest absolute Gasteiger partial charge is 0.191 e. The van der Waals surface area contributed by atoms with Crippen LogP contribution in [0.3, 0.4) is 0 Å². The quantitative estimate of drug-likeness (QED) is 0.356. The maximum Gasteiger partial charge on any atom is 0.191 e. The molecule has 0 radical (unpaired) electrons. The van der Waals surface area contributed by atoms with Crippen molar-refractivity contribution in [3.05, 3.63) is 39.5 Å². The average molecular weight is 488 g/mol. The summed E-state index contributed by atoms with van der Waals surface area (Å²) in [7, 11) is 3.98. The summed E-state index contributed by atoms with van der Waals surface area (Å²) in [5.74, 6) is 1.75. The van der Waals surface area contributed by atoms with E-state index in [-0.39, 0.29) is 24.0 Å². The van der Waals surface area contributed by atoms with E-state index in [0.29, 0.717) is 6.54 Å². The van der Waals surface area contributed by atoms with Crippen LogP contribution in [-0.2, 0) is 13.0 Å². The molecule has 0 amide bonds. The van der Waals surface area contributed by atoms with E-state index in [1.54, 1.807) is 11.3 Å². The van der Waals surface area contributed by atoms with Crippen molar-refractivity contribution in [2.24, 2.45) is 4.99 Å². The van der Waals surface area contributed by atoms with Crippen LogP contribution in [0.15, 0.2) is 23.2 Å². The molecule has 6 nitrogen and oxygen atoms in total. The van der Waals surface area contributed by atoms with Crippen molar-refractivity contribution in [1.29, 1.82) is 0 Å². The third-order valence-corrected chi connectivity index (χ3v) is 4.83. The summed E-state index contributed by atoms with van der Waals surface area (Å²) in [5, 5.41) is 7.82. The van der Waals surface area contributed by atoms with Gasteiger partial charge in [0.1, 0.15) is 5.82 Å². The van der Waals surface area contributed by atoms with E-state index in [0.717, 1.165) is 42.7 Å². The zero-order valence-electron chi connectivity index (χ0n) is 16.2. The number of hydrogen-bond acceptors (Lipinski definition) is 5. The molecule has 0 saturated heterocycles. The van der Waals surface area contributed by atoms with E-state index in [1.165, 1.54) is 9.88 Å². The van der Waals surface area contributed by atoms with Gasteiger partial charge in [0.25, 0.3) is 0 Å². The van der Waals surface area contributed by atoms with Gasteiger partial charge in [0.2, 0.25) is 0 Å². The van der Waals surface area contributed by atoms with Gasteiger partial charge in [-0.3, -0.25) is 0 Å². The molecular formula is C18H29IN6S. The monoisotopic (exact) mass is 488 g/mol. The van der Waals surface area contributed by atoms with Gasteiger partial charge in [0.05, 0.1) is 22.9 Å². The number of nitrogens with zero attached hydrogens (tertiary/aromatic N) is 4. The molecule has 2 aromatic rings. The largest absolute Gasteiger partial charge is 0.363 e. The first-order chi connectivity index (χ1) is 12.0. The summed E-state index contributed by atoms with van der Waals surface area (Å²) in [6.45, 7) is 8.42. The molecule has 0 saturated carbocycles. The number of hydrogen-bond donors (Lipinski definition) is 2. The van der Waals surface area contributed by atoms with Crippen molar-refractivity contribution in [3.8, 4) is 0 Å². The SMILES string of the molecule is CCNC(=NCc1cccc(N(C)C)n1)NCCc1nc(C)c(C)s1.I. The number of aliphatic imine (C=N–C) groups is 1. The summed E-state index contributed by atoms with van der Waals surface area (Å²) >= 11 is 1.77. The molecule has 0 bridgehead atoms. The molecule has 0 aliphatic carbocycles. The number of guanidine groups is 1. The minimum atomic E-state index is 0. The third kappa shape index (κ3) is 7.06. The van der Waals surface area contributed by atoms with Crippen molar-refractivity contribution < 1.29 is 0 Å². The molecular weight excluding hydrogens is 459 g/mol. The Balaban J connectivity index is 0.00000338. The topological polar surface area (TPSA) is 65.4 Å². The fraction of sp³-hybridized carbons (Fsp3) is 0.500. The van der Waals surface area contributed by atoms with Gasteiger partial charge in [0, 0.05) is 38.5 Å². The highest BCUT2D eigenvalue weighted by Crippen LogP contribution is 2.16. The number of rotatable bonds is 7. The summed E-state index contributed by atoms with van der Waals surface area (Å²) < 4.78 is 0. The van der Waals surface area contributed by atoms with Crippen LogP contribution in [0.4, 0.5) is 5.82 Å². The zero-order valence-corrected chi connectivity index (χ0v) is 19.3. The van der Waals surface area contributed by atoms with Gasteiger partial charge in [-0.05, 0) is 32.9 Å². The lowest BCUT2D eigenvalue weighted by molar-refractivity contribution is 0.792. The van der Waals surface area contributed by atoms with Crippen LogP contribution >= 0.6 is 35.3 Å². The maximum absolute atomic E-state index is 4.63. The molecule has 2 N–H and O–H groups in total. The molecule has 0 fully saturated rings. The second kappa shape index (κ2) is 11.3. The second-order valence-electron chi connectivity index (χ2n) is 6.00. The lowest BCUT2D eigenvalue weighted by Crippen LogP contribution is -2.38. The van der Waals surface area contributed by atoms with Crippen molar-refractivity contribution in [3.63, 3.8) is 0 Å². The van der Waals surface area contributed by atoms with Gasteiger partial charge in [-0.1, -0.05) is 6.07 Å². The molecule has 0 unspecified atom stereocenters. The van der Waals surface area contributed by atoms with Crippen LogP contribution in [-0.4, -0.2) is 43.1 Å². The minimum Gasteiger partial charge on any atom is -0.363 e. The van der Waals surface area contributed by atoms with Crippen molar-refractivity contribution in [2.45, 2.75) is 33.7 Å². The van der Waals surface area contributed by atoms with Gasteiger partial charge >= 0.3 is 0 Å². The van der Waals surface area contributed by atoms with Crippen molar-refractivity contribution in [2.75, 3.05) is 32.1 Å². The highest BCUT2D eigenvalue weighted by molar-refractivity contribution is 14.0. The molecule has 0 aromatic carbocycles. The van der Waals surface area contributed by atoms with Gasteiger partial charge in [-0.15, -0.1) is 35.3 Å². The molecule has 144 valence electrons. The standard InChI is InChI=1S/C18H28N6S.HI/c1-6-19-18(20-11-10-17-22-13(2)14(3)25-17)21-12-15-8-7-9-16(23-15)24(4)5;/h7-9H,6,10-12H2,1-5H3,(H2,19,20,21);1H. The van der Waals surface area contributed by atoms with Crippen LogP contribution in [0, 0.1) is 13.8 Å². The third-order valence-electron chi connectivity index (χ3n) is 3.70. The van der Waals surface area contributed by atoms with E-state index in [9.17, 15) is 0 Å². The summed E-state index contributed by atoms with van der Waals surface area (Å²) in [6, 6.07) is 6.01. The lowest BCUT2D eigenvalue weighted by atomic mass is 10.3. The Morgan fingerprint density at radius 2 is 1.96 bits per heavy atom. The van der Waals surface area contributed by atoms with E-state index in [2.05, 4.69) is 46.4 Å². The molecule has 0 aliphatic heterocycles. The summed E-state index contributed by atoms with van der Waals surface area (Å²) in [4.78, 5) is 17.1. The van der Waals surface area contributed by atoms with E-state index >= 15 is 0 Å². The van der Waals surface area contributed by atoms with Crippen LogP contribution < -0.4 is 15.5 Å². The van der Waals surface area contributed by atoms with Crippen molar-refractivity contribution >= 4 is 47.1 Å². The number of halogens is 1. The summed E-state index contributed by atoms with van der Waals surface area (Å²) in [5.41, 5.74) is 2.09. The van der Waals surface area contributed by atoms with Crippen molar-refractivity contribution in [1.82, 2.24) is 20.6 Å². The molecule has 0 atom stereocenters. The first-order valence-corrected chi connectivity index (χ1v) is 9.39. The highest BCUT2D eigenvalue weighted by atomic mass is 127. The molecule has 26 heavy (non-hydrogen) atoms. The number of aromatic nitrogens is 2. The zero-order chi connectivity index (χ0) is 18.2. The molecule has 0 spiro atoms. The van der Waals surface area contributed by atoms with Gasteiger partial charge in [0.15, 0.2) is 5.96 Å². The lowest BCUT2D eigenvalue weighted by Gasteiger charge is -2.13. The Bertz CT molecular complexity index is 694. The predicted octanol–water partition coefficient (Wildman–Crippen LogP) is 3.14.